The lowest BCUT2D eigenvalue weighted by molar-refractivity contribution is 0.0995. The summed E-state index contributed by atoms with van der Waals surface area (Å²) in [5, 5.41) is 3.43. The molecule has 0 aliphatic carbocycles. The summed E-state index contributed by atoms with van der Waals surface area (Å²) in [6.07, 6.45) is 3.96. The maximum absolute atomic E-state index is 10.9. The Bertz CT molecular complexity index is 554. The molecule has 0 spiro atoms. The molecule has 5 heteroatoms. The lowest BCUT2D eigenvalue weighted by Gasteiger charge is -2.17. The number of carbonyl (C=O) groups is 1. The lowest BCUT2D eigenvalue weighted by atomic mass is 10.0. The van der Waals surface area contributed by atoms with Crippen LogP contribution in [0.4, 0.5) is 0 Å². The van der Waals surface area contributed by atoms with Crippen molar-refractivity contribution in [2.75, 3.05) is 0 Å². The molecule has 20 heavy (non-hydrogen) atoms. The number of nitrogens with two attached hydrogens (primary N) is 1. The summed E-state index contributed by atoms with van der Waals surface area (Å²) in [6, 6.07) is 10.5. The molecule has 1 heterocycles. The summed E-state index contributed by atoms with van der Waals surface area (Å²) in [6.45, 7) is 2.73. The van der Waals surface area contributed by atoms with Crippen LogP contribution in [0.3, 0.4) is 0 Å². The summed E-state index contributed by atoms with van der Waals surface area (Å²) in [5.74, 6) is -0.562. The number of aromatic nitrogens is 2. The Morgan fingerprint density at radius 3 is 2.55 bits per heavy atom. The number of hydrogen-bond acceptors (Lipinski definition) is 4. The molecule has 0 radical (unpaired) electrons. The van der Waals surface area contributed by atoms with Gasteiger partial charge in [-0.2, -0.15) is 0 Å². The Balaban J connectivity index is 1.98. The number of primary amides is 1. The predicted molar refractivity (Wildman–Crippen MR) is 76.9 cm³/mol. The fourth-order valence-electron chi connectivity index (χ4n) is 1.98. The van der Waals surface area contributed by atoms with Crippen molar-refractivity contribution in [3.05, 3.63) is 59.7 Å². The van der Waals surface area contributed by atoms with Crippen LogP contribution in [0.25, 0.3) is 0 Å². The van der Waals surface area contributed by atoms with Gasteiger partial charge in [0.2, 0.25) is 0 Å². The number of amides is 1. The fraction of sp³-hybridized carbons (Fsp3) is 0.267. The van der Waals surface area contributed by atoms with Crippen LogP contribution in [0.5, 0.6) is 0 Å². The molecule has 1 aromatic carbocycles. The van der Waals surface area contributed by atoms with Crippen molar-refractivity contribution in [1.82, 2.24) is 15.3 Å². The van der Waals surface area contributed by atoms with E-state index in [1.807, 2.05) is 18.2 Å². The smallest absolute Gasteiger partial charge is 0.268 e. The Labute approximate surface area is 118 Å². The minimum Gasteiger partial charge on any atom is -0.364 e. The van der Waals surface area contributed by atoms with Crippen LogP contribution in [-0.2, 0) is 6.54 Å². The molecular weight excluding hydrogens is 252 g/mol. The van der Waals surface area contributed by atoms with Gasteiger partial charge in [-0.25, -0.2) is 4.98 Å². The number of nitrogens with zero attached hydrogens (tertiary/aromatic N) is 2. The Morgan fingerprint density at radius 1 is 1.25 bits per heavy atom. The first-order valence-electron chi connectivity index (χ1n) is 6.59. The maximum atomic E-state index is 10.9. The van der Waals surface area contributed by atoms with E-state index in [4.69, 9.17) is 5.73 Å². The van der Waals surface area contributed by atoms with Gasteiger partial charge >= 0.3 is 0 Å². The highest BCUT2D eigenvalue weighted by atomic mass is 16.1. The standard InChI is InChI=1S/C15H18N4O/c1-2-13(11-6-4-3-5-7-11)18-8-12-9-19-14(10-17-12)15(16)20/h3-7,9-10,13,18H,2,8H2,1H3,(H2,16,20). The molecule has 0 aliphatic rings. The first-order valence-corrected chi connectivity index (χ1v) is 6.59. The highest BCUT2D eigenvalue weighted by Crippen LogP contribution is 2.16. The average molecular weight is 270 g/mol. The first kappa shape index (κ1) is 14.1. The van der Waals surface area contributed by atoms with Crippen LogP contribution < -0.4 is 11.1 Å². The number of nitrogens with one attached hydrogen (secondary N) is 1. The lowest BCUT2D eigenvalue weighted by Crippen LogP contribution is -2.21. The van der Waals surface area contributed by atoms with Crippen LogP contribution >= 0.6 is 0 Å². The SMILES string of the molecule is CCC(NCc1cnc(C(N)=O)cn1)c1ccccc1. The van der Waals surface area contributed by atoms with Gasteiger partial charge in [-0.05, 0) is 12.0 Å². The van der Waals surface area contributed by atoms with Crippen LogP contribution in [0.15, 0.2) is 42.7 Å². The van der Waals surface area contributed by atoms with Gasteiger partial charge in [-0.3, -0.25) is 9.78 Å². The predicted octanol–water partition coefficient (Wildman–Crippen LogP) is 1.82. The van der Waals surface area contributed by atoms with E-state index in [1.54, 1.807) is 6.20 Å². The Morgan fingerprint density at radius 2 is 2.00 bits per heavy atom. The average Bonchev–Trinajstić information content (AvgIpc) is 2.49. The molecule has 1 amide bonds. The third-order valence-corrected chi connectivity index (χ3v) is 3.10. The van der Waals surface area contributed by atoms with Gasteiger partial charge in [0, 0.05) is 12.6 Å². The second kappa shape index (κ2) is 6.77. The zero-order valence-corrected chi connectivity index (χ0v) is 11.4. The number of carbonyl (C=O) groups excluding carboxylic acids is 1. The maximum Gasteiger partial charge on any atom is 0.268 e. The van der Waals surface area contributed by atoms with E-state index in [2.05, 4.69) is 34.3 Å². The van der Waals surface area contributed by atoms with Crippen molar-refractivity contribution < 1.29 is 4.79 Å². The fourth-order valence-corrected chi connectivity index (χ4v) is 1.98. The number of rotatable bonds is 6. The summed E-state index contributed by atoms with van der Waals surface area (Å²) < 4.78 is 0. The molecule has 3 N–H and O–H groups in total. The van der Waals surface area contributed by atoms with E-state index in [0.29, 0.717) is 6.54 Å². The second-order valence-corrected chi connectivity index (χ2v) is 4.51. The van der Waals surface area contributed by atoms with E-state index in [9.17, 15) is 4.79 Å². The van der Waals surface area contributed by atoms with Crippen LogP contribution in [0.1, 0.15) is 41.1 Å². The minimum atomic E-state index is -0.562. The molecule has 0 saturated heterocycles. The molecule has 1 aromatic heterocycles. The van der Waals surface area contributed by atoms with Gasteiger partial charge in [0.05, 0.1) is 18.1 Å². The molecule has 0 saturated carbocycles. The topological polar surface area (TPSA) is 80.9 Å². The van der Waals surface area contributed by atoms with E-state index >= 15 is 0 Å². The van der Waals surface area contributed by atoms with Crippen LogP contribution in [0.2, 0.25) is 0 Å². The molecule has 2 rings (SSSR count). The first-order chi connectivity index (χ1) is 9.70. The summed E-state index contributed by atoms with van der Waals surface area (Å²) in [7, 11) is 0. The Hall–Kier alpha value is -2.27. The van der Waals surface area contributed by atoms with Gasteiger partial charge in [-0.15, -0.1) is 0 Å². The molecular formula is C15H18N4O. The van der Waals surface area contributed by atoms with E-state index in [-0.39, 0.29) is 11.7 Å². The summed E-state index contributed by atoms with van der Waals surface area (Å²) >= 11 is 0. The van der Waals surface area contributed by atoms with Crippen molar-refractivity contribution in [3.8, 4) is 0 Å². The van der Waals surface area contributed by atoms with Crippen molar-refractivity contribution in [3.63, 3.8) is 0 Å². The highest BCUT2D eigenvalue weighted by Gasteiger charge is 2.09. The molecule has 5 nitrogen and oxygen atoms in total. The molecule has 0 bridgehead atoms. The quantitative estimate of drug-likeness (QED) is 0.839. The zero-order valence-electron chi connectivity index (χ0n) is 11.4. The van der Waals surface area contributed by atoms with Gasteiger partial charge < -0.3 is 11.1 Å². The molecule has 1 unspecified atom stereocenters. The van der Waals surface area contributed by atoms with Crippen molar-refractivity contribution in [1.29, 1.82) is 0 Å². The number of hydrogen-bond donors (Lipinski definition) is 2. The molecule has 104 valence electrons. The van der Waals surface area contributed by atoms with E-state index < -0.39 is 5.91 Å². The normalized spacial score (nSPS) is 12.1. The highest BCUT2D eigenvalue weighted by molar-refractivity contribution is 5.90. The van der Waals surface area contributed by atoms with Crippen molar-refractivity contribution in [2.45, 2.75) is 25.9 Å². The van der Waals surface area contributed by atoms with Gasteiger partial charge in [0.25, 0.3) is 5.91 Å². The number of benzene rings is 1. The van der Waals surface area contributed by atoms with Crippen molar-refractivity contribution >= 4 is 5.91 Å². The summed E-state index contributed by atoms with van der Waals surface area (Å²) in [5.41, 5.74) is 7.34. The largest absolute Gasteiger partial charge is 0.364 e. The van der Waals surface area contributed by atoms with E-state index in [0.717, 1.165) is 12.1 Å². The molecule has 2 aromatic rings. The molecule has 0 aliphatic heterocycles. The third-order valence-electron chi connectivity index (χ3n) is 3.10. The second-order valence-electron chi connectivity index (χ2n) is 4.51. The minimum absolute atomic E-state index is 0.184. The van der Waals surface area contributed by atoms with Gasteiger partial charge in [-0.1, -0.05) is 37.3 Å². The monoisotopic (exact) mass is 270 g/mol. The molecule has 1 atom stereocenters. The van der Waals surface area contributed by atoms with Crippen molar-refractivity contribution in [2.24, 2.45) is 5.73 Å². The summed E-state index contributed by atoms with van der Waals surface area (Å²) in [4.78, 5) is 19.1. The van der Waals surface area contributed by atoms with Crippen LogP contribution in [-0.4, -0.2) is 15.9 Å². The molecule has 0 fully saturated rings. The zero-order chi connectivity index (χ0) is 14.4. The van der Waals surface area contributed by atoms with Gasteiger partial charge in [0.1, 0.15) is 5.69 Å². The van der Waals surface area contributed by atoms with E-state index in [1.165, 1.54) is 11.8 Å². The van der Waals surface area contributed by atoms with Crippen LogP contribution in [0, 0.1) is 0 Å². The third kappa shape index (κ3) is 3.61. The van der Waals surface area contributed by atoms with Gasteiger partial charge in [0.15, 0.2) is 0 Å². The Kier molecular flexibility index (Phi) is 4.79.